The molecule has 1 aromatic heterocycles. The molecule has 1 rings (SSSR count). The lowest BCUT2D eigenvalue weighted by Crippen LogP contribution is -2.21. The van der Waals surface area contributed by atoms with Crippen LogP contribution in [0.25, 0.3) is 0 Å². The van der Waals surface area contributed by atoms with Crippen LogP contribution >= 0.6 is 11.8 Å². The van der Waals surface area contributed by atoms with E-state index in [1.165, 1.54) is 0 Å². The Morgan fingerprint density at radius 2 is 2.27 bits per heavy atom. The second-order valence-corrected chi connectivity index (χ2v) is 4.84. The Hall–Kier alpha value is -0.540. The van der Waals surface area contributed by atoms with Crippen molar-refractivity contribution in [3.8, 4) is 0 Å². The molecule has 2 nitrogen and oxygen atoms in total. The van der Waals surface area contributed by atoms with E-state index in [1.807, 2.05) is 30.0 Å². The fourth-order valence-electron chi connectivity index (χ4n) is 1.43. The van der Waals surface area contributed by atoms with Gasteiger partial charge in [-0.3, -0.25) is 4.98 Å². The highest BCUT2D eigenvalue weighted by Gasteiger charge is 2.14. The van der Waals surface area contributed by atoms with Crippen LogP contribution in [0.5, 0.6) is 0 Å². The minimum atomic E-state index is -0.271. The fourth-order valence-corrected chi connectivity index (χ4v) is 2.04. The van der Waals surface area contributed by atoms with E-state index in [-0.39, 0.29) is 6.10 Å². The van der Waals surface area contributed by atoms with Crippen molar-refractivity contribution in [3.63, 3.8) is 0 Å². The Bertz CT molecular complexity index is 266. The number of aliphatic hydroxyl groups excluding tert-OH is 1. The van der Waals surface area contributed by atoms with Crippen molar-refractivity contribution < 1.29 is 5.11 Å². The maximum atomic E-state index is 9.95. The minimum absolute atomic E-state index is 0.271. The molecular weight excluding hydrogens is 206 g/mol. The molecule has 1 heterocycles. The molecule has 0 bridgehead atoms. The zero-order chi connectivity index (χ0) is 11.1. The molecule has 2 unspecified atom stereocenters. The smallest absolute Gasteiger partial charge is 0.0621 e. The van der Waals surface area contributed by atoms with Crippen LogP contribution in [0.2, 0.25) is 0 Å². The molecule has 2 atom stereocenters. The molecule has 0 aliphatic rings. The minimum Gasteiger partial charge on any atom is -0.392 e. The van der Waals surface area contributed by atoms with Crippen molar-refractivity contribution in [1.82, 2.24) is 4.98 Å². The van der Waals surface area contributed by atoms with Gasteiger partial charge in [-0.05, 0) is 36.5 Å². The van der Waals surface area contributed by atoms with E-state index >= 15 is 0 Å². The van der Waals surface area contributed by atoms with E-state index in [4.69, 9.17) is 0 Å². The molecule has 0 saturated heterocycles. The van der Waals surface area contributed by atoms with Gasteiger partial charge in [0.15, 0.2) is 0 Å². The first-order chi connectivity index (χ1) is 7.24. The van der Waals surface area contributed by atoms with Gasteiger partial charge in [0.05, 0.1) is 6.10 Å². The lowest BCUT2D eigenvalue weighted by Gasteiger charge is -2.17. The van der Waals surface area contributed by atoms with Crippen LogP contribution < -0.4 is 0 Å². The molecule has 0 radical (unpaired) electrons. The van der Waals surface area contributed by atoms with E-state index in [9.17, 15) is 5.11 Å². The zero-order valence-corrected chi connectivity index (χ0v) is 10.2. The Kier molecular flexibility index (Phi) is 5.73. The highest BCUT2D eigenvalue weighted by molar-refractivity contribution is 7.98. The lowest BCUT2D eigenvalue weighted by atomic mass is 9.98. The van der Waals surface area contributed by atoms with E-state index in [2.05, 4.69) is 18.2 Å². The van der Waals surface area contributed by atoms with Gasteiger partial charge in [-0.25, -0.2) is 0 Å². The largest absolute Gasteiger partial charge is 0.392 e. The second kappa shape index (κ2) is 6.85. The van der Waals surface area contributed by atoms with Crippen LogP contribution in [0.4, 0.5) is 0 Å². The van der Waals surface area contributed by atoms with Crippen LogP contribution in [0.15, 0.2) is 24.4 Å². The number of aliphatic hydroxyl groups is 1. The maximum Gasteiger partial charge on any atom is 0.0621 e. The highest BCUT2D eigenvalue weighted by Crippen LogP contribution is 2.14. The predicted molar refractivity (Wildman–Crippen MR) is 66.1 cm³/mol. The van der Waals surface area contributed by atoms with Gasteiger partial charge >= 0.3 is 0 Å². The van der Waals surface area contributed by atoms with Gasteiger partial charge in [0.25, 0.3) is 0 Å². The van der Waals surface area contributed by atoms with Crippen LogP contribution in [0, 0.1) is 5.92 Å². The molecule has 1 N–H and O–H groups in total. The summed E-state index contributed by atoms with van der Waals surface area (Å²) in [6, 6.07) is 5.82. The summed E-state index contributed by atoms with van der Waals surface area (Å²) < 4.78 is 0. The Labute approximate surface area is 96.1 Å². The van der Waals surface area contributed by atoms with Crippen molar-refractivity contribution in [3.05, 3.63) is 30.1 Å². The molecule has 1 aromatic rings. The van der Waals surface area contributed by atoms with Gasteiger partial charge in [0, 0.05) is 18.3 Å². The first-order valence-corrected chi connectivity index (χ1v) is 6.70. The van der Waals surface area contributed by atoms with Crippen molar-refractivity contribution >= 4 is 11.8 Å². The monoisotopic (exact) mass is 225 g/mol. The average molecular weight is 225 g/mol. The molecular formula is C12H19NOS. The van der Waals surface area contributed by atoms with Gasteiger partial charge in [-0.1, -0.05) is 13.0 Å². The molecule has 0 amide bonds. The van der Waals surface area contributed by atoms with E-state index < -0.39 is 0 Å². The van der Waals surface area contributed by atoms with Gasteiger partial charge < -0.3 is 5.11 Å². The van der Waals surface area contributed by atoms with E-state index in [0.717, 1.165) is 17.9 Å². The fraction of sp³-hybridized carbons (Fsp3) is 0.583. The Balaban J connectivity index is 2.38. The summed E-state index contributed by atoms with van der Waals surface area (Å²) in [5, 5.41) is 9.95. The van der Waals surface area contributed by atoms with Crippen LogP contribution in [-0.4, -0.2) is 28.2 Å². The molecule has 84 valence electrons. The third kappa shape index (κ3) is 4.67. The SMILES string of the molecule is CSCCC(C)C(O)Cc1ccccn1. The lowest BCUT2D eigenvalue weighted by molar-refractivity contribution is 0.114. The quantitative estimate of drug-likeness (QED) is 0.807. The van der Waals surface area contributed by atoms with Crippen molar-refractivity contribution in [2.45, 2.75) is 25.9 Å². The number of rotatable bonds is 6. The molecule has 0 saturated carbocycles. The standard InChI is InChI=1S/C12H19NOS/c1-10(6-8-15-2)12(14)9-11-5-3-4-7-13-11/h3-5,7,10,12,14H,6,8-9H2,1-2H3. The molecule has 3 heteroatoms. The first-order valence-electron chi connectivity index (χ1n) is 5.31. The van der Waals surface area contributed by atoms with Crippen LogP contribution in [-0.2, 0) is 6.42 Å². The van der Waals surface area contributed by atoms with Gasteiger partial charge in [-0.2, -0.15) is 11.8 Å². The average Bonchev–Trinajstić information content (AvgIpc) is 2.27. The number of hydrogen-bond donors (Lipinski definition) is 1. The highest BCUT2D eigenvalue weighted by atomic mass is 32.2. The van der Waals surface area contributed by atoms with Crippen LogP contribution in [0.1, 0.15) is 19.0 Å². The van der Waals surface area contributed by atoms with Gasteiger partial charge in [0.2, 0.25) is 0 Å². The Morgan fingerprint density at radius 1 is 1.47 bits per heavy atom. The molecule has 15 heavy (non-hydrogen) atoms. The number of nitrogens with zero attached hydrogens (tertiary/aromatic N) is 1. The second-order valence-electron chi connectivity index (χ2n) is 3.85. The van der Waals surface area contributed by atoms with Gasteiger partial charge in [0.1, 0.15) is 0 Å². The summed E-state index contributed by atoms with van der Waals surface area (Å²) in [6.07, 6.45) is 5.32. The van der Waals surface area contributed by atoms with Crippen molar-refractivity contribution in [2.75, 3.05) is 12.0 Å². The first kappa shape index (κ1) is 12.5. The molecule has 0 aliphatic carbocycles. The number of pyridine rings is 1. The normalized spacial score (nSPS) is 14.9. The molecule has 0 aliphatic heterocycles. The van der Waals surface area contributed by atoms with Crippen LogP contribution in [0.3, 0.4) is 0 Å². The third-order valence-electron chi connectivity index (χ3n) is 2.58. The summed E-state index contributed by atoms with van der Waals surface area (Å²) in [4.78, 5) is 4.22. The zero-order valence-electron chi connectivity index (χ0n) is 9.39. The Morgan fingerprint density at radius 3 is 2.87 bits per heavy atom. The van der Waals surface area contributed by atoms with Gasteiger partial charge in [-0.15, -0.1) is 0 Å². The number of aromatic nitrogens is 1. The number of hydrogen-bond acceptors (Lipinski definition) is 3. The molecule has 0 fully saturated rings. The summed E-state index contributed by atoms with van der Waals surface area (Å²) in [5.41, 5.74) is 0.973. The van der Waals surface area contributed by atoms with E-state index in [1.54, 1.807) is 6.20 Å². The summed E-state index contributed by atoms with van der Waals surface area (Å²) in [6.45, 7) is 2.10. The summed E-state index contributed by atoms with van der Waals surface area (Å²) in [7, 11) is 0. The summed E-state index contributed by atoms with van der Waals surface area (Å²) >= 11 is 1.83. The molecule has 0 aromatic carbocycles. The predicted octanol–water partition coefficient (Wildman–Crippen LogP) is 2.37. The topological polar surface area (TPSA) is 33.1 Å². The van der Waals surface area contributed by atoms with E-state index in [0.29, 0.717) is 12.3 Å². The number of thioether (sulfide) groups is 1. The molecule has 0 spiro atoms. The summed E-state index contributed by atoms with van der Waals surface area (Å²) in [5.74, 6) is 1.46. The maximum absolute atomic E-state index is 9.95. The van der Waals surface area contributed by atoms with Crippen molar-refractivity contribution in [1.29, 1.82) is 0 Å². The third-order valence-corrected chi connectivity index (χ3v) is 3.22. The van der Waals surface area contributed by atoms with Crippen molar-refractivity contribution in [2.24, 2.45) is 5.92 Å².